The zero-order chi connectivity index (χ0) is 16.4. The highest BCUT2D eigenvalue weighted by molar-refractivity contribution is 5.91. The first kappa shape index (κ1) is 15.4. The van der Waals surface area contributed by atoms with Gasteiger partial charge >= 0.3 is 6.09 Å². The molecule has 0 spiro atoms. The molecule has 1 saturated heterocycles. The number of hydrogen-bond acceptors (Lipinski definition) is 5. The van der Waals surface area contributed by atoms with Gasteiger partial charge in [0, 0.05) is 18.0 Å². The molecule has 0 aromatic heterocycles. The molecular weight excluding hydrogens is 288 g/mol. The van der Waals surface area contributed by atoms with Crippen molar-refractivity contribution in [2.24, 2.45) is 17.8 Å². The lowest BCUT2D eigenvalue weighted by molar-refractivity contribution is -0.751. The predicted octanol–water partition coefficient (Wildman–Crippen LogP) is 1.14. The molecule has 7 heteroatoms. The first-order valence-corrected chi connectivity index (χ1v) is 7.70. The molecule has 2 aliphatic heterocycles. The van der Waals surface area contributed by atoms with Gasteiger partial charge in [-0.05, 0) is 46.5 Å². The SMILES string of the molecule is CC(C)(C)OC(=O)N1C[C@@H]2C(C3=[N+]([O-])OC(C)(C)C3O)[C@@H]2C1. The minimum atomic E-state index is -0.893. The maximum atomic E-state index is 12.0. The van der Waals surface area contributed by atoms with E-state index in [9.17, 15) is 15.1 Å². The molecule has 1 amide bonds. The third-order valence-electron chi connectivity index (χ3n) is 4.65. The number of hydrogen-bond donors (Lipinski definition) is 1. The lowest BCUT2D eigenvalue weighted by Gasteiger charge is -2.26. The average Bonchev–Trinajstić information content (AvgIpc) is 2.74. The maximum Gasteiger partial charge on any atom is 0.410 e. The van der Waals surface area contributed by atoms with Crippen molar-refractivity contribution in [3.8, 4) is 0 Å². The van der Waals surface area contributed by atoms with Gasteiger partial charge in [-0.2, -0.15) is 0 Å². The Morgan fingerprint density at radius 1 is 1.41 bits per heavy atom. The highest BCUT2D eigenvalue weighted by atomic mass is 16.9. The Bertz CT molecular complexity index is 525. The van der Waals surface area contributed by atoms with Crippen LogP contribution in [0.2, 0.25) is 0 Å². The summed E-state index contributed by atoms with van der Waals surface area (Å²) in [5.74, 6) is 0.435. The Kier molecular flexibility index (Phi) is 3.15. The van der Waals surface area contributed by atoms with Crippen LogP contribution in [0, 0.1) is 23.0 Å². The standard InChI is InChI=1S/C15H24N2O5/c1-14(2,3)21-13(19)16-6-8-9(7-16)10(8)11-12(18)15(4,5)22-17(11)20/h8-10,12,18H,6-7H2,1-5H3/t8-,9+,10?,12?. The molecule has 0 aromatic rings. The first-order valence-electron chi connectivity index (χ1n) is 7.70. The second-order valence-corrected chi connectivity index (χ2v) is 8.02. The summed E-state index contributed by atoms with van der Waals surface area (Å²) in [4.78, 5) is 19.4. The second-order valence-electron chi connectivity index (χ2n) is 8.02. The first-order chi connectivity index (χ1) is 10.0. The molecule has 2 fully saturated rings. The van der Waals surface area contributed by atoms with Crippen LogP contribution >= 0.6 is 0 Å². The number of amides is 1. The Hall–Kier alpha value is -1.50. The Balaban J connectivity index is 1.62. The van der Waals surface area contributed by atoms with Gasteiger partial charge in [-0.3, -0.25) is 5.21 Å². The normalized spacial score (nSPS) is 36.2. The van der Waals surface area contributed by atoms with Crippen molar-refractivity contribution < 1.29 is 24.4 Å². The number of aliphatic hydroxyl groups is 1. The van der Waals surface area contributed by atoms with Crippen LogP contribution in [-0.4, -0.2) is 57.1 Å². The van der Waals surface area contributed by atoms with Crippen molar-refractivity contribution in [1.29, 1.82) is 0 Å². The Morgan fingerprint density at radius 3 is 2.36 bits per heavy atom. The van der Waals surface area contributed by atoms with Crippen LogP contribution in [-0.2, 0) is 9.57 Å². The highest BCUT2D eigenvalue weighted by Crippen LogP contribution is 2.54. The van der Waals surface area contributed by atoms with E-state index in [1.165, 1.54) is 0 Å². The smallest absolute Gasteiger partial charge is 0.410 e. The van der Waals surface area contributed by atoms with Crippen LogP contribution in [0.4, 0.5) is 4.79 Å². The lowest BCUT2D eigenvalue weighted by Crippen LogP contribution is -2.41. The van der Waals surface area contributed by atoms with Crippen LogP contribution in [0.1, 0.15) is 34.6 Å². The molecule has 2 heterocycles. The second kappa shape index (κ2) is 4.50. The fourth-order valence-corrected chi connectivity index (χ4v) is 3.52. The highest BCUT2D eigenvalue weighted by Gasteiger charge is 2.66. The predicted molar refractivity (Wildman–Crippen MR) is 78.1 cm³/mol. The van der Waals surface area contributed by atoms with Crippen molar-refractivity contribution >= 4 is 11.8 Å². The molecule has 124 valence electrons. The minimum absolute atomic E-state index is 0.00737. The van der Waals surface area contributed by atoms with Crippen molar-refractivity contribution in [2.45, 2.75) is 51.9 Å². The van der Waals surface area contributed by atoms with Gasteiger partial charge in [0.25, 0.3) is 5.71 Å². The van der Waals surface area contributed by atoms with E-state index >= 15 is 0 Å². The molecule has 1 N–H and O–H groups in total. The molecule has 1 aliphatic carbocycles. The fraction of sp³-hybridized carbons (Fsp3) is 0.867. The van der Waals surface area contributed by atoms with Gasteiger partial charge in [0.1, 0.15) is 11.2 Å². The molecule has 0 aromatic carbocycles. The summed E-state index contributed by atoms with van der Waals surface area (Å²) in [7, 11) is 0. The summed E-state index contributed by atoms with van der Waals surface area (Å²) in [6.45, 7) is 10.0. The van der Waals surface area contributed by atoms with Crippen molar-refractivity contribution in [1.82, 2.24) is 4.90 Å². The van der Waals surface area contributed by atoms with Crippen LogP contribution in [0.5, 0.6) is 0 Å². The topological polar surface area (TPSA) is 85.1 Å². The van der Waals surface area contributed by atoms with Gasteiger partial charge in [0.2, 0.25) is 0 Å². The molecule has 3 aliphatic rings. The van der Waals surface area contributed by atoms with Crippen LogP contribution in [0.3, 0.4) is 0 Å². The largest absolute Gasteiger partial charge is 0.444 e. The summed E-state index contributed by atoms with van der Waals surface area (Å²) in [5, 5.41) is 22.2. The van der Waals surface area contributed by atoms with E-state index in [0.29, 0.717) is 23.7 Å². The van der Waals surface area contributed by atoms with Gasteiger partial charge < -0.3 is 19.6 Å². The average molecular weight is 312 g/mol. The number of carbonyl (C=O) groups is 1. The minimum Gasteiger partial charge on any atom is -0.444 e. The van der Waals surface area contributed by atoms with Crippen molar-refractivity contribution in [3.05, 3.63) is 5.21 Å². The summed E-state index contributed by atoms with van der Waals surface area (Å²) >= 11 is 0. The number of aliphatic hydroxyl groups excluding tert-OH is 1. The zero-order valence-electron chi connectivity index (χ0n) is 13.7. The quantitative estimate of drug-likeness (QED) is 0.734. The molecule has 22 heavy (non-hydrogen) atoms. The lowest BCUT2D eigenvalue weighted by atomic mass is 9.94. The van der Waals surface area contributed by atoms with Crippen molar-refractivity contribution in [3.63, 3.8) is 0 Å². The van der Waals surface area contributed by atoms with E-state index < -0.39 is 17.3 Å². The van der Waals surface area contributed by atoms with E-state index in [-0.39, 0.29) is 23.8 Å². The number of likely N-dealkylation sites (tertiary alicyclic amines) is 1. The summed E-state index contributed by atoms with van der Waals surface area (Å²) in [5.41, 5.74) is -0.994. The van der Waals surface area contributed by atoms with Gasteiger partial charge in [-0.1, -0.05) is 0 Å². The number of fused-ring (bicyclic) bond motifs is 1. The van der Waals surface area contributed by atoms with Crippen molar-refractivity contribution in [2.75, 3.05) is 13.1 Å². The van der Waals surface area contributed by atoms with E-state index in [2.05, 4.69) is 0 Å². The molecule has 0 radical (unpaired) electrons. The number of ether oxygens (including phenoxy) is 1. The number of nitrogens with zero attached hydrogens (tertiary/aromatic N) is 2. The monoisotopic (exact) mass is 312 g/mol. The van der Waals surface area contributed by atoms with Gasteiger partial charge in [0.15, 0.2) is 6.10 Å². The number of piperidine rings is 1. The zero-order valence-corrected chi connectivity index (χ0v) is 13.7. The molecule has 2 unspecified atom stereocenters. The van der Waals surface area contributed by atoms with Gasteiger partial charge in [0.05, 0.1) is 5.92 Å². The molecule has 4 atom stereocenters. The van der Waals surface area contributed by atoms with Crippen LogP contribution in [0.15, 0.2) is 0 Å². The summed E-state index contributed by atoms with van der Waals surface area (Å²) < 4.78 is 5.36. The maximum absolute atomic E-state index is 12.0. The molecule has 1 saturated carbocycles. The van der Waals surface area contributed by atoms with E-state index in [0.717, 1.165) is 0 Å². The molecule has 3 rings (SSSR count). The van der Waals surface area contributed by atoms with E-state index in [1.54, 1.807) is 18.7 Å². The van der Waals surface area contributed by atoms with Crippen LogP contribution < -0.4 is 0 Å². The molecule has 7 nitrogen and oxygen atoms in total. The summed E-state index contributed by atoms with van der Waals surface area (Å²) in [6, 6.07) is 0. The number of rotatable bonds is 1. The molecule has 0 bridgehead atoms. The Morgan fingerprint density at radius 2 is 1.95 bits per heavy atom. The third-order valence-corrected chi connectivity index (χ3v) is 4.65. The molecular formula is C15H24N2O5. The summed E-state index contributed by atoms with van der Waals surface area (Å²) in [6.07, 6.45) is -1.21. The number of carbonyl (C=O) groups excluding carboxylic acids is 1. The Labute approximate surface area is 130 Å². The van der Waals surface area contributed by atoms with E-state index in [1.807, 2.05) is 20.8 Å². The van der Waals surface area contributed by atoms with Gasteiger partial charge in [-0.25, -0.2) is 4.79 Å². The third kappa shape index (κ3) is 2.41. The van der Waals surface area contributed by atoms with Crippen LogP contribution in [0.25, 0.3) is 0 Å². The van der Waals surface area contributed by atoms with E-state index in [4.69, 9.17) is 9.57 Å². The fourth-order valence-electron chi connectivity index (χ4n) is 3.52. The van der Waals surface area contributed by atoms with Gasteiger partial charge in [-0.15, -0.1) is 0 Å².